The summed E-state index contributed by atoms with van der Waals surface area (Å²) in [6, 6.07) is 16.6. The van der Waals surface area contributed by atoms with Gasteiger partial charge in [0, 0.05) is 50.7 Å². The number of carbonyl (C=O) groups excluding carboxylic acids is 1. The number of hydrogen-bond donors (Lipinski definition) is 1. The number of aliphatic hydroxyl groups is 1. The van der Waals surface area contributed by atoms with Gasteiger partial charge < -0.3 is 14.7 Å². The van der Waals surface area contributed by atoms with Gasteiger partial charge in [-0.15, -0.1) is 0 Å². The Bertz CT molecular complexity index is 1030. The molecule has 1 fully saturated rings. The minimum Gasteiger partial charge on any atom is -0.448 e. The SMILES string of the molecule is Cn1cc([C@@H]2CN(C(=O)OCC3c4ccccc4-c4ccccc43)C[C@H]2CO)cn1. The normalized spacial score (nSPS) is 20.3. The Kier molecular flexibility index (Phi) is 4.79. The third kappa shape index (κ3) is 3.17. The fourth-order valence-corrected chi connectivity index (χ4v) is 4.90. The topological polar surface area (TPSA) is 67.6 Å². The summed E-state index contributed by atoms with van der Waals surface area (Å²) in [6.07, 6.45) is 3.45. The van der Waals surface area contributed by atoms with E-state index in [4.69, 9.17) is 4.74 Å². The van der Waals surface area contributed by atoms with Crippen LogP contribution in [-0.2, 0) is 11.8 Å². The minimum absolute atomic E-state index is 0.00492. The van der Waals surface area contributed by atoms with Gasteiger partial charge in [0.2, 0.25) is 0 Å². The first-order valence-corrected chi connectivity index (χ1v) is 10.3. The molecule has 0 bridgehead atoms. The summed E-state index contributed by atoms with van der Waals surface area (Å²) in [4.78, 5) is 14.6. The van der Waals surface area contributed by atoms with E-state index in [0.717, 1.165) is 5.56 Å². The lowest BCUT2D eigenvalue weighted by molar-refractivity contribution is 0.105. The van der Waals surface area contributed by atoms with Gasteiger partial charge in [0.15, 0.2) is 0 Å². The zero-order valence-electron chi connectivity index (χ0n) is 16.9. The van der Waals surface area contributed by atoms with E-state index in [1.807, 2.05) is 43.7 Å². The van der Waals surface area contributed by atoms with Crippen LogP contribution in [0.2, 0.25) is 0 Å². The zero-order valence-corrected chi connectivity index (χ0v) is 16.9. The smallest absolute Gasteiger partial charge is 0.409 e. The van der Waals surface area contributed by atoms with E-state index in [-0.39, 0.29) is 30.5 Å². The van der Waals surface area contributed by atoms with Crippen LogP contribution in [0.1, 0.15) is 28.5 Å². The average molecular weight is 403 g/mol. The highest BCUT2D eigenvalue weighted by atomic mass is 16.6. The number of fused-ring (bicyclic) bond motifs is 3. The molecule has 2 aromatic carbocycles. The first-order valence-electron chi connectivity index (χ1n) is 10.3. The Morgan fingerprint density at radius 1 is 1.10 bits per heavy atom. The second-order valence-corrected chi connectivity index (χ2v) is 8.21. The molecule has 3 aromatic rings. The molecular weight excluding hydrogens is 378 g/mol. The summed E-state index contributed by atoms with van der Waals surface area (Å²) in [5, 5.41) is 14.1. The highest BCUT2D eigenvalue weighted by molar-refractivity contribution is 5.79. The van der Waals surface area contributed by atoms with E-state index < -0.39 is 0 Å². The van der Waals surface area contributed by atoms with Crippen molar-refractivity contribution >= 4 is 6.09 Å². The van der Waals surface area contributed by atoms with Gasteiger partial charge in [-0.3, -0.25) is 4.68 Å². The molecule has 0 spiro atoms. The number of rotatable bonds is 4. The number of ether oxygens (including phenoxy) is 1. The van der Waals surface area contributed by atoms with E-state index in [1.54, 1.807) is 9.58 Å². The minimum atomic E-state index is -0.318. The summed E-state index contributed by atoms with van der Waals surface area (Å²) < 4.78 is 7.54. The lowest BCUT2D eigenvalue weighted by atomic mass is 9.92. The molecule has 2 heterocycles. The Balaban J connectivity index is 1.30. The van der Waals surface area contributed by atoms with Crippen LogP contribution >= 0.6 is 0 Å². The molecule has 0 radical (unpaired) electrons. The number of aromatic nitrogens is 2. The van der Waals surface area contributed by atoms with Crippen LogP contribution in [0.5, 0.6) is 0 Å². The molecule has 1 aliphatic heterocycles. The zero-order chi connectivity index (χ0) is 20.7. The Labute approximate surface area is 175 Å². The van der Waals surface area contributed by atoms with Gasteiger partial charge >= 0.3 is 6.09 Å². The van der Waals surface area contributed by atoms with Gasteiger partial charge in [-0.1, -0.05) is 48.5 Å². The third-order valence-electron chi connectivity index (χ3n) is 6.42. The summed E-state index contributed by atoms with van der Waals surface area (Å²) in [5.74, 6) is 0.116. The van der Waals surface area contributed by atoms with Crippen LogP contribution in [0.3, 0.4) is 0 Å². The highest BCUT2D eigenvalue weighted by Crippen LogP contribution is 2.44. The van der Waals surface area contributed by atoms with E-state index >= 15 is 0 Å². The van der Waals surface area contributed by atoms with Crippen molar-refractivity contribution in [2.24, 2.45) is 13.0 Å². The molecule has 1 amide bonds. The Hall–Kier alpha value is -3.12. The number of hydrogen-bond acceptors (Lipinski definition) is 4. The summed E-state index contributed by atoms with van der Waals surface area (Å²) in [5.41, 5.74) is 5.88. The van der Waals surface area contributed by atoms with Crippen molar-refractivity contribution in [1.82, 2.24) is 14.7 Å². The maximum Gasteiger partial charge on any atom is 0.409 e. The number of aryl methyl sites for hydroxylation is 1. The molecule has 6 heteroatoms. The molecule has 0 unspecified atom stereocenters. The predicted octanol–water partition coefficient (Wildman–Crippen LogP) is 3.38. The first-order chi connectivity index (χ1) is 14.7. The monoisotopic (exact) mass is 403 g/mol. The number of amides is 1. The van der Waals surface area contributed by atoms with E-state index in [0.29, 0.717) is 19.7 Å². The van der Waals surface area contributed by atoms with Crippen LogP contribution in [0.4, 0.5) is 4.79 Å². The van der Waals surface area contributed by atoms with Crippen molar-refractivity contribution in [3.05, 3.63) is 77.6 Å². The van der Waals surface area contributed by atoms with Gasteiger partial charge in [-0.2, -0.15) is 5.10 Å². The second-order valence-electron chi connectivity index (χ2n) is 8.21. The molecule has 1 N–H and O–H groups in total. The molecule has 30 heavy (non-hydrogen) atoms. The number of nitrogens with zero attached hydrogens (tertiary/aromatic N) is 3. The molecular formula is C24H25N3O3. The quantitative estimate of drug-likeness (QED) is 0.725. The Morgan fingerprint density at radius 3 is 2.37 bits per heavy atom. The van der Waals surface area contributed by atoms with Gasteiger partial charge in [0.1, 0.15) is 6.61 Å². The van der Waals surface area contributed by atoms with E-state index in [2.05, 4.69) is 29.4 Å². The van der Waals surface area contributed by atoms with Crippen LogP contribution in [0, 0.1) is 5.92 Å². The fourth-order valence-electron chi connectivity index (χ4n) is 4.90. The predicted molar refractivity (Wildman–Crippen MR) is 113 cm³/mol. The lowest BCUT2D eigenvalue weighted by Gasteiger charge is -2.19. The Morgan fingerprint density at radius 2 is 1.77 bits per heavy atom. The van der Waals surface area contributed by atoms with Crippen molar-refractivity contribution in [2.75, 3.05) is 26.3 Å². The largest absolute Gasteiger partial charge is 0.448 e. The number of likely N-dealkylation sites (tertiary alicyclic amines) is 1. The van der Waals surface area contributed by atoms with Gasteiger partial charge in [0.05, 0.1) is 6.20 Å². The standard InChI is InChI=1S/C24H25N3O3/c1-26-11-16(10-25-26)22-13-27(12-17(22)14-28)24(29)30-15-23-20-8-4-2-6-18(20)19-7-3-5-9-21(19)23/h2-11,17,22-23,28H,12-15H2,1H3/t17-,22-/m0/s1. The lowest BCUT2D eigenvalue weighted by Crippen LogP contribution is -2.31. The van der Waals surface area contributed by atoms with Gasteiger partial charge in [-0.05, 0) is 27.8 Å². The van der Waals surface area contributed by atoms with Gasteiger partial charge in [-0.25, -0.2) is 4.79 Å². The fraction of sp³-hybridized carbons (Fsp3) is 0.333. The molecule has 2 aliphatic rings. The van der Waals surface area contributed by atoms with E-state index in [1.165, 1.54) is 22.3 Å². The molecule has 0 saturated carbocycles. The van der Waals surface area contributed by atoms with E-state index in [9.17, 15) is 9.90 Å². The average Bonchev–Trinajstić information content (AvgIpc) is 3.47. The van der Waals surface area contributed by atoms with Crippen molar-refractivity contribution < 1.29 is 14.6 Å². The van der Waals surface area contributed by atoms with Crippen LogP contribution in [0.25, 0.3) is 11.1 Å². The van der Waals surface area contributed by atoms with Crippen molar-refractivity contribution in [3.63, 3.8) is 0 Å². The van der Waals surface area contributed by atoms with Crippen LogP contribution in [-0.4, -0.2) is 52.2 Å². The third-order valence-corrected chi connectivity index (χ3v) is 6.42. The maximum atomic E-state index is 12.9. The molecule has 6 nitrogen and oxygen atoms in total. The van der Waals surface area contributed by atoms with Crippen molar-refractivity contribution in [2.45, 2.75) is 11.8 Å². The maximum absolute atomic E-state index is 12.9. The second kappa shape index (κ2) is 7.61. The summed E-state index contributed by atoms with van der Waals surface area (Å²) in [6.45, 7) is 1.37. The first kappa shape index (κ1) is 18.9. The highest BCUT2D eigenvalue weighted by Gasteiger charge is 2.38. The van der Waals surface area contributed by atoms with Crippen LogP contribution in [0.15, 0.2) is 60.9 Å². The molecule has 5 rings (SSSR count). The molecule has 154 valence electrons. The summed E-state index contributed by atoms with van der Waals surface area (Å²) >= 11 is 0. The van der Waals surface area contributed by atoms with Crippen LogP contribution < -0.4 is 0 Å². The number of aliphatic hydroxyl groups excluding tert-OH is 1. The molecule has 1 aromatic heterocycles. The summed E-state index contributed by atoms with van der Waals surface area (Å²) in [7, 11) is 1.87. The van der Waals surface area contributed by atoms with Gasteiger partial charge in [0.25, 0.3) is 0 Å². The number of benzene rings is 2. The van der Waals surface area contributed by atoms with Crippen molar-refractivity contribution in [1.29, 1.82) is 0 Å². The molecule has 2 atom stereocenters. The van der Waals surface area contributed by atoms with Crippen molar-refractivity contribution in [3.8, 4) is 11.1 Å². The molecule has 1 aliphatic carbocycles. The molecule has 1 saturated heterocycles. The number of carbonyl (C=O) groups is 1.